The molecule has 1 saturated heterocycles. The summed E-state index contributed by atoms with van der Waals surface area (Å²) in [6.45, 7) is 4.22. The molecule has 2 aliphatic rings. The zero-order valence-electron chi connectivity index (χ0n) is 12.4. The third-order valence-electron chi connectivity index (χ3n) is 4.31. The third-order valence-corrected chi connectivity index (χ3v) is 5.44. The summed E-state index contributed by atoms with van der Waals surface area (Å²) < 4.78 is 13.1. The highest BCUT2D eigenvalue weighted by Gasteiger charge is 2.60. The van der Waals surface area contributed by atoms with E-state index in [0.717, 1.165) is 29.9 Å². The lowest BCUT2D eigenvalue weighted by atomic mass is 10.1. The number of nitrogens with one attached hydrogen (secondary N) is 1. The first-order chi connectivity index (χ1) is 10.1. The van der Waals surface area contributed by atoms with Crippen molar-refractivity contribution in [2.24, 2.45) is 0 Å². The van der Waals surface area contributed by atoms with Gasteiger partial charge in [-0.2, -0.15) is 11.8 Å². The molecule has 0 bridgehead atoms. The first-order valence-electron chi connectivity index (χ1n) is 7.51. The summed E-state index contributed by atoms with van der Waals surface area (Å²) in [6, 6.07) is 6.64. The standard InChI is InChI=1S/C16H21FN2OS/c1-3-21-10-11(2)19-14(12-4-6-13(17)7-5-12)18-16(8-9-16)15(19)20/h4-7,11,14,18H,3,8-10H2,1-2H3. The topological polar surface area (TPSA) is 32.3 Å². The van der Waals surface area contributed by atoms with Crippen LogP contribution in [-0.4, -0.2) is 33.9 Å². The molecule has 3 nitrogen and oxygen atoms in total. The maximum atomic E-state index is 13.1. The monoisotopic (exact) mass is 308 g/mol. The minimum absolute atomic E-state index is 0.131. The molecule has 3 rings (SSSR count). The molecule has 1 aliphatic heterocycles. The molecule has 1 aromatic carbocycles. The van der Waals surface area contributed by atoms with Crippen LogP contribution in [0.3, 0.4) is 0 Å². The fourth-order valence-electron chi connectivity index (χ4n) is 2.95. The van der Waals surface area contributed by atoms with E-state index >= 15 is 0 Å². The van der Waals surface area contributed by atoms with Gasteiger partial charge in [-0.15, -0.1) is 0 Å². The summed E-state index contributed by atoms with van der Waals surface area (Å²) in [5.41, 5.74) is 0.617. The number of carbonyl (C=O) groups is 1. The second-order valence-electron chi connectivity index (χ2n) is 5.90. The van der Waals surface area contributed by atoms with E-state index in [9.17, 15) is 9.18 Å². The zero-order chi connectivity index (χ0) is 15.0. The second-order valence-corrected chi connectivity index (χ2v) is 7.22. The SMILES string of the molecule is CCSCC(C)N1C(=O)C2(CC2)NC1c1ccc(F)cc1. The van der Waals surface area contributed by atoms with Crippen molar-refractivity contribution in [1.29, 1.82) is 0 Å². The lowest BCUT2D eigenvalue weighted by Crippen LogP contribution is -2.40. The molecule has 2 unspecified atom stereocenters. The van der Waals surface area contributed by atoms with Crippen LogP contribution in [0.1, 0.15) is 38.4 Å². The number of rotatable bonds is 5. The van der Waals surface area contributed by atoms with Crippen LogP contribution in [0.2, 0.25) is 0 Å². The summed E-state index contributed by atoms with van der Waals surface area (Å²) in [7, 11) is 0. The number of amides is 1. The Bertz CT molecular complexity index is 530. The Morgan fingerprint density at radius 2 is 2.10 bits per heavy atom. The van der Waals surface area contributed by atoms with Crippen LogP contribution in [-0.2, 0) is 4.79 Å². The number of thioether (sulfide) groups is 1. The van der Waals surface area contributed by atoms with Crippen LogP contribution in [0.15, 0.2) is 24.3 Å². The predicted molar refractivity (Wildman–Crippen MR) is 83.5 cm³/mol. The van der Waals surface area contributed by atoms with Crippen molar-refractivity contribution in [1.82, 2.24) is 10.2 Å². The second kappa shape index (κ2) is 5.61. The zero-order valence-corrected chi connectivity index (χ0v) is 13.3. The highest BCUT2D eigenvalue weighted by molar-refractivity contribution is 7.99. The molecule has 114 valence electrons. The van der Waals surface area contributed by atoms with E-state index in [1.165, 1.54) is 12.1 Å². The Labute approximate surface area is 129 Å². The first kappa shape index (κ1) is 14.9. The van der Waals surface area contributed by atoms with E-state index in [1.807, 2.05) is 16.7 Å². The van der Waals surface area contributed by atoms with Gasteiger partial charge in [0.05, 0.1) is 0 Å². The largest absolute Gasteiger partial charge is 0.318 e. The number of nitrogens with zero attached hydrogens (tertiary/aromatic N) is 1. The molecule has 1 saturated carbocycles. The summed E-state index contributed by atoms with van der Waals surface area (Å²) in [4.78, 5) is 14.7. The fraction of sp³-hybridized carbons (Fsp3) is 0.562. The molecule has 1 aliphatic carbocycles. The van der Waals surface area contributed by atoms with E-state index in [2.05, 4.69) is 19.2 Å². The highest BCUT2D eigenvalue weighted by atomic mass is 32.2. The fourth-order valence-corrected chi connectivity index (χ4v) is 3.69. The molecule has 1 aromatic rings. The smallest absolute Gasteiger partial charge is 0.244 e. The van der Waals surface area contributed by atoms with Crippen molar-refractivity contribution in [2.75, 3.05) is 11.5 Å². The van der Waals surface area contributed by atoms with Gasteiger partial charge in [0, 0.05) is 11.8 Å². The normalized spacial score (nSPS) is 24.6. The molecule has 0 aromatic heterocycles. The summed E-state index contributed by atoms with van der Waals surface area (Å²) >= 11 is 1.84. The van der Waals surface area contributed by atoms with Gasteiger partial charge in [-0.3, -0.25) is 10.1 Å². The van der Waals surface area contributed by atoms with Crippen molar-refractivity contribution >= 4 is 17.7 Å². The maximum Gasteiger partial charge on any atom is 0.244 e. The van der Waals surface area contributed by atoms with Crippen molar-refractivity contribution in [3.05, 3.63) is 35.6 Å². The average Bonchev–Trinajstić information content (AvgIpc) is 3.19. The van der Waals surface area contributed by atoms with Crippen molar-refractivity contribution in [3.63, 3.8) is 0 Å². The number of halogens is 1. The van der Waals surface area contributed by atoms with Crippen molar-refractivity contribution in [3.8, 4) is 0 Å². The number of hydrogen-bond acceptors (Lipinski definition) is 3. The minimum atomic E-state index is -0.343. The van der Waals surface area contributed by atoms with Crippen LogP contribution < -0.4 is 5.32 Å². The highest BCUT2D eigenvalue weighted by Crippen LogP contribution is 2.46. The van der Waals surface area contributed by atoms with Gasteiger partial charge in [-0.25, -0.2) is 4.39 Å². The molecule has 1 heterocycles. The summed E-state index contributed by atoms with van der Waals surface area (Å²) in [5.74, 6) is 1.94. The van der Waals surface area contributed by atoms with Gasteiger partial charge in [0.25, 0.3) is 0 Å². The van der Waals surface area contributed by atoms with Crippen molar-refractivity contribution < 1.29 is 9.18 Å². The molecule has 21 heavy (non-hydrogen) atoms. The lowest BCUT2D eigenvalue weighted by molar-refractivity contribution is -0.132. The van der Waals surface area contributed by atoms with Crippen LogP contribution >= 0.6 is 11.8 Å². The molecular formula is C16H21FN2OS. The molecule has 2 atom stereocenters. The molecule has 1 N–H and O–H groups in total. The minimum Gasteiger partial charge on any atom is -0.318 e. The molecule has 1 spiro atoms. The van der Waals surface area contributed by atoms with Crippen LogP contribution in [0.5, 0.6) is 0 Å². The van der Waals surface area contributed by atoms with Crippen LogP contribution in [0, 0.1) is 5.82 Å². The molecule has 1 amide bonds. The van der Waals surface area contributed by atoms with Crippen molar-refractivity contribution in [2.45, 2.75) is 44.4 Å². The number of hydrogen-bond donors (Lipinski definition) is 1. The predicted octanol–water partition coefficient (Wildman–Crippen LogP) is 2.93. The Morgan fingerprint density at radius 1 is 1.43 bits per heavy atom. The van der Waals surface area contributed by atoms with Crippen LogP contribution in [0.25, 0.3) is 0 Å². The van der Waals surface area contributed by atoms with E-state index in [4.69, 9.17) is 0 Å². The van der Waals surface area contributed by atoms with Gasteiger partial charge in [0.15, 0.2) is 0 Å². The van der Waals surface area contributed by atoms with E-state index in [0.29, 0.717) is 0 Å². The van der Waals surface area contributed by atoms with E-state index in [-0.39, 0.29) is 29.5 Å². The number of benzene rings is 1. The number of carbonyl (C=O) groups excluding carboxylic acids is 1. The third kappa shape index (κ3) is 2.69. The summed E-state index contributed by atoms with van der Waals surface area (Å²) in [6.07, 6.45) is 1.69. The van der Waals surface area contributed by atoms with Gasteiger partial charge < -0.3 is 4.90 Å². The Hall–Kier alpha value is -1.07. The summed E-state index contributed by atoms with van der Waals surface area (Å²) in [5, 5.41) is 3.48. The Balaban J connectivity index is 1.85. The van der Waals surface area contributed by atoms with Gasteiger partial charge in [-0.1, -0.05) is 19.1 Å². The molecule has 5 heteroatoms. The molecule has 0 radical (unpaired) electrons. The van der Waals surface area contributed by atoms with Gasteiger partial charge in [0.1, 0.15) is 17.5 Å². The van der Waals surface area contributed by atoms with E-state index < -0.39 is 0 Å². The average molecular weight is 308 g/mol. The maximum absolute atomic E-state index is 13.1. The Morgan fingerprint density at radius 3 is 2.67 bits per heavy atom. The first-order valence-corrected chi connectivity index (χ1v) is 8.66. The van der Waals surface area contributed by atoms with Gasteiger partial charge in [-0.05, 0) is 43.2 Å². The lowest BCUT2D eigenvalue weighted by Gasteiger charge is -2.30. The van der Waals surface area contributed by atoms with Crippen LogP contribution in [0.4, 0.5) is 4.39 Å². The molecule has 2 fully saturated rings. The quantitative estimate of drug-likeness (QED) is 0.908. The van der Waals surface area contributed by atoms with Gasteiger partial charge in [0.2, 0.25) is 5.91 Å². The van der Waals surface area contributed by atoms with Gasteiger partial charge >= 0.3 is 0 Å². The van der Waals surface area contributed by atoms with E-state index in [1.54, 1.807) is 12.1 Å². The molecular weight excluding hydrogens is 287 g/mol. The Kier molecular flexibility index (Phi) is 3.97.